The maximum absolute atomic E-state index is 2.36. The van der Waals surface area contributed by atoms with Crippen molar-refractivity contribution in [1.29, 1.82) is 0 Å². The minimum atomic E-state index is 0.876. The number of unbranched alkanes of at least 4 members (excludes halogenated alkanes) is 7. The smallest absolute Gasteiger partial charge is 0.0884 e. The first-order valence-corrected chi connectivity index (χ1v) is 8.33. The molecule has 0 radical (unpaired) electrons. The molecule has 0 aromatic rings. The van der Waals surface area contributed by atoms with Crippen LogP contribution in [0.3, 0.4) is 0 Å². The molecule has 0 N–H and O–H groups in total. The van der Waals surface area contributed by atoms with E-state index in [0.717, 1.165) is 10.5 Å². The molecular formula is C17H38N+. The van der Waals surface area contributed by atoms with E-state index in [1.807, 2.05) is 0 Å². The Kier molecular flexibility index (Phi) is 10.8. The summed E-state index contributed by atoms with van der Waals surface area (Å²) in [6.45, 7) is 4.60. The molecular weight excluding hydrogens is 218 g/mol. The molecule has 0 aliphatic rings. The lowest BCUT2D eigenvalue weighted by molar-refractivity contribution is -0.896. The molecule has 0 saturated heterocycles. The van der Waals surface area contributed by atoms with Crippen LogP contribution < -0.4 is 0 Å². The van der Waals surface area contributed by atoms with Gasteiger partial charge in [-0.1, -0.05) is 58.8 Å². The first-order valence-electron chi connectivity index (χ1n) is 8.33. The molecule has 1 unspecified atom stereocenters. The molecule has 110 valence electrons. The molecule has 18 heavy (non-hydrogen) atoms. The van der Waals surface area contributed by atoms with Gasteiger partial charge in [0, 0.05) is 0 Å². The van der Waals surface area contributed by atoms with Gasteiger partial charge in [0.2, 0.25) is 0 Å². The van der Waals surface area contributed by atoms with E-state index in [0.29, 0.717) is 0 Å². The summed E-state index contributed by atoms with van der Waals surface area (Å²) in [4.78, 5) is 0. The zero-order chi connectivity index (χ0) is 13.9. The van der Waals surface area contributed by atoms with Crippen molar-refractivity contribution in [3.8, 4) is 0 Å². The van der Waals surface area contributed by atoms with Crippen molar-refractivity contribution >= 4 is 0 Å². The average molecular weight is 256 g/mol. The van der Waals surface area contributed by atoms with Gasteiger partial charge in [0.1, 0.15) is 0 Å². The van der Waals surface area contributed by atoms with Gasteiger partial charge in [-0.25, -0.2) is 0 Å². The van der Waals surface area contributed by atoms with Crippen LogP contribution in [0.5, 0.6) is 0 Å². The highest BCUT2D eigenvalue weighted by Crippen LogP contribution is 2.19. The summed E-state index contributed by atoms with van der Waals surface area (Å²) in [6.07, 6.45) is 15.6. The molecule has 0 aliphatic carbocycles. The van der Waals surface area contributed by atoms with Crippen LogP contribution in [0.4, 0.5) is 0 Å². The first-order chi connectivity index (χ1) is 8.52. The van der Waals surface area contributed by atoms with Gasteiger partial charge >= 0.3 is 0 Å². The largest absolute Gasteiger partial charge is 0.328 e. The summed E-state index contributed by atoms with van der Waals surface area (Å²) in [7, 11) is 7.09. The lowest BCUT2D eigenvalue weighted by Crippen LogP contribution is -2.45. The van der Waals surface area contributed by atoms with Crippen molar-refractivity contribution in [2.75, 3.05) is 21.1 Å². The number of quaternary nitrogens is 1. The Morgan fingerprint density at radius 3 is 1.56 bits per heavy atom. The molecule has 1 heteroatoms. The zero-order valence-electron chi connectivity index (χ0n) is 13.8. The van der Waals surface area contributed by atoms with Gasteiger partial charge in [-0.2, -0.15) is 0 Å². The monoisotopic (exact) mass is 256 g/mol. The Balaban J connectivity index is 3.63. The summed E-state index contributed by atoms with van der Waals surface area (Å²) in [6, 6.07) is 0.876. The third-order valence-electron chi connectivity index (χ3n) is 4.13. The molecule has 0 bridgehead atoms. The van der Waals surface area contributed by atoms with Gasteiger partial charge in [0.15, 0.2) is 0 Å². The van der Waals surface area contributed by atoms with Crippen molar-refractivity contribution in [3.63, 3.8) is 0 Å². The predicted octanol–water partition coefficient (Wildman–Crippen LogP) is 5.39. The lowest BCUT2D eigenvalue weighted by Gasteiger charge is -2.34. The van der Waals surface area contributed by atoms with Crippen LogP contribution in [0, 0.1) is 0 Å². The Labute approximate surface area is 117 Å². The quantitative estimate of drug-likeness (QED) is 0.324. The SMILES string of the molecule is CCCCCCCCCC(CCCC)[N+](C)(C)C. The third-order valence-corrected chi connectivity index (χ3v) is 4.13. The van der Waals surface area contributed by atoms with Crippen LogP contribution in [0.2, 0.25) is 0 Å². The number of hydrogen-bond acceptors (Lipinski definition) is 0. The zero-order valence-corrected chi connectivity index (χ0v) is 13.8. The summed E-state index contributed by atoms with van der Waals surface area (Å²) in [5, 5.41) is 0. The van der Waals surface area contributed by atoms with E-state index in [4.69, 9.17) is 0 Å². The summed E-state index contributed by atoms with van der Waals surface area (Å²) in [5.74, 6) is 0. The molecule has 0 aromatic carbocycles. The van der Waals surface area contributed by atoms with E-state index in [-0.39, 0.29) is 0 Å². The topological polar surface area (TPSA) is 0 Å². The Morgan fingerprint density at radius 2 is 1.06 bits per heavy atom. The summed E-state index contributed by atoms with van der Waals surface area (Å²) < 4.78 is 1.15. The maximum Gasteiger partial charge on any atom is 0.0884 e. The van der Waals surface area contributed by atoms with Crippen LogP contribution in [-0.4, -0.2) is 31.7 Å². The van der Waals surface area contributed by atoms with Crippen LogP contribution in [-0.2, 0) is 0 Å². The molecule has 1 atom stereocenters. The van der Waals surface area contributed by atoms with Gasteiger partial charge in [0.05, 0.1) is 27.2 Å². The second kappa shape index (κ2) is 10.8. The highest BCUT2D eigenvalue weighted by molar-refractivity contribution is 4.59. The van der Waals surface area contributed by atoms with Crippen molar-refractivity contribution in [3.05, 3.63) is 0 Å². The van der Waals surface area contributed by atoms with E-state index >= 15 is 0 Å². The fraction of sp³-hybridized carbons (Fsp3) is 1.00. The molecule has 0 saturated carbocycles. The molecule has 1 nitrogen and oxygen atoms in total. The molecule has 0 heterocycles. The number of nitrogens with zero attached hydrogens (tertiary/aromatic N) is 1. The van der Waals surface area contributed by atoms with Gasteiger partial charge in [-0.05, 0) is 25.7 Å². The second-order valence-electron chi connectivity index (χ2n) is 6.82. The Bertz CT molecular complexity index is 169. The second-order valence-corrected chi connectivity index (χ2v) is 6.82. The molecule has 0 amide bonds. The Morgan fingerprint density at radius 1 is 0.611 bits per heavy atom. The third kappa shape index (κ3) is 9.94. The highest BCUT2D eigenvalue weighted by Gasteiger charge is 2.22. The van der Waals surface area contributed by atoms with Crippen LogP contribution in [0.25, 0.3) is 0 Å². The molecule has 0 fully saturated rings. The normalized spacial score (nSPS) is 13.8. The minimum absolute atomic E-state index is 0.876. The first kappa shape index (κ1) is 18.0. The fourth-order valence-corrected chi connectivity index (χ4v) is 2.70. The highest BCUT2D eigenvalue weighted by atomic mass is 15.3. The van der Waals surface area contributed by atoms with Crippen molar-refractivity contribution < 1.29 is 4.48 Å². The number of hydrogen-bond donors (Lipinski definition) is 0. The van der Waals surface area contributed by atoms with Crippen molar-refractivity contribution in [2.45, 2.75) is 90.5 Å². The fourth-order valence-electron chi connectivity index (χ4n) is 2.70. The summed E-state index contributed by atoms with van der Waals surface area (Å²) >= 11 is 0. The summed E-state index contributed by atoms with van der Waals surface area (Å²) in [5.41, 5.74) is 0. The van der Waals surface area contributed by atoms with E-state index in [1.165, 1.54) is 70.6 Å². The van der Waals surface area contributed by atoms with E-state index in [9.17, 15) is 0 Å². The molecule has 0 aromatic heterocycles. The van der Waals surface area contributed by atoms with Crippen molar-refractivity contribution in [2.24, 2.45) is 0 Å². The molecule has 0 rings (SSSR count). The van der Waals surface area contributed by atoms with Gasteiger partial charge in [-0.3, -0.25) is 0 Å². The number of rotatable bonds is 12. The predicted molar refractivity (Wildman–Crippen MR) is 84.0 cm³/mol. The lowest BCUT2D eigenvalue weighted by atomic mass is 9.99. The van der Waals surface area contributed by atoms with E-state index in [1.54, 1.807) is 0 Å². The van der Waals surface area contributed by atoms with Crippen molar-refractivity contribution in [1.82, 2.24) is 0 Å². The van der Waals surface area contributed by atoms with Gasteiger partial charge < -0.3 is 4.48 Å². The van der Waals surface area contributed by atoms with Gasteiger partial charge in [0.25, 0.3) is 0 Å². The van der Waals surface area contributed by atoms with Crippen LogP contribution in [0.1, 0.15) is 84.5 Å². The van der Waals surface area contributed by atoms with Crippen LogP contribution >= 0.6 is 0 Å². The van der Waals surface area contributed by atoms with E-state index in [2.05, 4.69) is 35.0 Å². The maximum atomic E-state index is 2.36. The van der Waals surface area contributed by atoms with Gasteiger partial charge in [-0.15, -0.1) is 0 Å². The van der Waals surface area contributed by atoms with Crippen LogP contribution in [0.15, 0.2) is 0 Å². The minimum Gasteiger partial charge on any atom is -0.328 e. The molecule has 0 aliphatic heterocycles. The molecule has 0 spiro atoms. The standard InChI is InChI=1S/C17H38N/c1-6-8-10-11-12-13-14-16-17(15-9-7-2)18(3,4)5/h17H,6-16H2,1-5H3/q+1. The Hall–Kier alpha value is -0.0400. The van der Waals surface area contributed by atoms with E-state index < -0.39 is 0 Å². The average Bonchev–Trinajstić information content (AvgIpc) is 2.30.